The molecule has 2 atom stereocenters. The summed E-state index contributed by atoms with van der Waals surface area (Å²) in [7, 11) is 0. The second kappa shape index (κ2) is 7.30. The summed E-state index contributed by atoms with van der Waals surface area (Å²) in [5, 5.41) is 13.1. The van der Waals surface area contributed by atoms with E-state index in [1.807, 2.05) is 24.3 Å². The molecule has 3 nitrogen and oxygen atoms in total. The van der Waals surface area contributed by atoms with Gasteiger partial charge in [-0.3, -0.25) is 0 Å². The van der Waals surface area contributed by atoms with Gasteiger partial charge in [0.1, 0.15) is 5.54 Å². The molecular formula is C17H24BrNO2. The van der Waals surface area contributed by atoms with Crippen LogP contribution in [0.3, 0.4) is 0 Å². The largest absolute Gasteiger partial charge is 0.480 e. The molecule has 0 heterocycles. The number of carboxylic acid groups (broad SMARTS) is 1. The van der Waals surface area contributed by atoms with Crippen LogP contribution in [0.1, 0.15) is 51.9 Å². The minimum absolute atomic E-state index is 0.683. The number of benzene rings is 1. The van der Waals surface area contributed by atoms with Crippen LogP contribution in [0.25, 0.3) is 0 Å². The van der Waals surface area contributed by atoms with E-state index in [0.29, 0.717) is 18.8 Å². The maximum atomic E-state index is 11.9. The Kier molecular flexibility index (Phi) is 5.68. The van der Waals surface area contributed by atoms with Crippen molar-refractivity contribution in [3.05, 3.63) is 28.7 Å². The van der Waals surface area contributed by atoms with E-state index in [2.05, 4.69) is 28.2 Å². The Hall–Kier alpha value is -1.03. The molecule has 0 amide bonds. The SMILES string of the molecule is CCCC1CCCC(Nc2ccc(Br)cc2)(C(=O)O)CC1. The Morgan fingerprint density at radius 3 is 2.67 bits per heavy atom. The van der Waals surface area contributed by atoms with Crippen LogP contribution in [0.2, 0.25) is 0 Å². The van der Waals surface area contributed by atoms with Gasteiger partial charge in [0, 0.05) is 10.2 Å². The fraction of sp³-hybridized carbons (Fsp3) is 0.588. The van der Waals surface area contributed by atoms with Crippen LogP contribution in [0.4, 0.5) is 5.69 Å². The number of nitrogens with one attached hydrogen (secondary N) is 1. The van der Waals surface area contributed by atoms with Crippen LogP contribution < -0.4 is 5.32 Å². The predicted octanol–water partition coefficient (Wildman–Crippen LogP) is 5.06. The van der Waals surface area contributed by atoms with Crippen molar-refractivity contribution in [1.29, 1.82) is 0 Å². The molecule has 116 valence electrons. The molecule has 4 heteroatoms. The first-order valence-corrected chi connectivity index (χ1v) is 8.62. The van der Waals surface area contributed by atoms with Crippen molar-refractivity contribution in [3.8, 4) is 0 Å². The normalized spacial score (nSPS) is 26.1. The van der Waals surface area contributed by atoms with Gasteiger partial charge >= 0.3 is 5.97 Å². The highest BCUT2D eigenvalue weighted by Gasteiger charge is 2.40. The number of rotatable bonds is 5. The van der Waals surface area contributed by atoms with Crippen LogP contribution in [0, 0.1) is 5.92 Å². The molecule has 0 spiro atoms. The van der Waals surface area contributed by atoms with Gasteiger partial charge in [-0.05, 0) is 49.4 Å². The van der Waals surface area contributed by atoms with Gasteiger partial charge < -0.3 is 10.4 Å². The van der Waals surface area contributed by atoms with Crippen molar-refractivity contribution in [3.63, 3.8) is 0 Å². The quantitative estimate of drug-likeness (QED) is 0.726. The highest BCUT2D eigenvalue weighted by atomic mass is 79.9. The molecule has 0 aromatic heterocycles. The summed E-state index contributed by atoms with van der Waals surface area (Å²) in [6.07, 6.45) is 6.97. The molecule has 2 unspecified atom stereocenters. The second-order valence-electron chi connectivity index (χ2n) is 6.10. The van der Waals surface area contributed by atoms with Crippen molar-refractivity contribution in [2.75, 3.05) is 5.32 Å². The molecule has 1 aliphatic carbocycles. The zero-order valence-electron chi connectivity index (χ0n) is 12.6. The van der Waals surface area contributed by atoms with Crippen molar-refractivity contribution in [2.45, 2.75) is 57.4 Å². The van der Waals surface area contributed by atoms with Crippen LogP contribution >= 0.6 is 15.9 Å². The van der Waals surface area contributed by atoms with Gasteiger partial charge in [-0.15, -0.1) is 0 Å². The van der Waals surface area contributed by atoms with Crippen LogP contribution in [0.5, 0.6) is 0 Å². The van der Waals surface area contributed by atoms with Gasteiger partial charge in [0.2, 0.25) is 0 Å². The molecule has 1 saturated carbocycles. The van der Waals surface area contributed by atoms with Gasteiger partial charge in [0.05, 0.1) is 0 Å². The maximum absolute atomic E-state index is 11.9. The van der Waals surface area contributed by atoms with Crippen molar-refractivity contribution in [2.24, 2.45) is 5.92 Å². The molecule has 0 saturated heterocycles. The van der Waals surface area contributed by atoms with Gasteiger partial charge in [-0.2, -0.15) is 0 Å². The summed E-state index contributed by atoms with van der Waals surface area (Å²) < 4.78 is 1.00. The fourth-order valence-electron chi connectivity index (χ4n) is 3.31. The third kappa shape index (κ3) is 4.22. The average Bonchev–Trinajstić information content (AvgIpc) is 2.66. The molecule has 0 aliphatic heterocycles. The monoisotopic (exact) mass is 353 g/mol. The number of anilines is 1. The van der Waals surface area contributed by atoms with E-state index in [1.54, 1.807) is 0 Å². The van der Waals surface area contributed by atoms with Gasteiger partial charge in [0.25, 0.3) is 0 Å². The van der Waals surface area contributed by atoms with E-state index in [-0.39, 0.29) is 0 Å². The highest BCUT2D eigenvalue weighted by molar-refractivity contribution is 9.10. The summed E-state index contributed by atoms with van der Waals surface area (Å²) >= 11 is 3.41. The molecule has 2 N–H and O–H groups in total. The highest BCUT2D eigenvalue weighted by Crippen LogP contribution is 2.35. The van der Waals surface area contributed by atoms with Gasteiger partial charge in [-0.1, -0.05) is 48.5 Å². The summed E-state index contributed by atoms with van der Waals surface area (Å²) in [6.45, 7) is 2.20. The molecule has 2 rings (SSSR count). The molecular weight excluding hydrogens is 330 g/mol. The predicted molar refractivity (Wildman–Crippen MR) is 89.6 cm³/mol. The third-order valence-electron chi connectivity index (χ3n) is 4.53. The number of carboxylic acids is 1. The topological polar surface area (TPSA) is 49.3 Å². The zero-order chi connectivity index (χ0) is 15.3. The molecule has 1 aliphatic rings. The summed E-state index contributed by atoms with van der Waals surface area (Å²) in [5.74, 6) is -0.0366. The van der Waals surface area contributed by atoms with Crippen molar-refractivity contribution >= 4 is 27.6 Å². The Bertz CT molecular complexity index is 474. The lowest BCUT2D eigenvalue weighted by molar-refractivity contribution is -0.142. The first-order valence-electron chi connectivity index (χ1n) is 7.83. The van der Waals surface area contributed by atoms with Crippen molar-refractivity contribution < 1.29 is 9.90 Å². The van der Waals surface area contributed by atoms with Crippen LogP contribution in [-0.4, -0.2) is 16.6 Å². The number of carbonyl (C=O) groups is 1. The Balaban J connectivity index is 2.13. The average molecular weight is 354 g/mol. The van der Waals surface area contributed by atoms with E-state index in [4.69, 9.17) is 0 Å². The fourth-order valence-corrected chi connectivity index (χ4v) is 3.58. The number of hydrogen-bond acceptors (Lipinski definition) is 2. The smallest absolute Gasteiger partial charge is 0.329 e. The minimum atomic E-state index is -0.809. The second-order valence-corrected chi connectivity index (χ2v) is 7.02. The van der Waals surface area contributed by atoms with Crippen LogP contribution in [0.15, 0.2) is 28.7 Å². The molecule has 1 fully saturated rings. The lowest BCUT2D eigenvalue weighted by Gasteiger charge is -2.30. The van der Waals surface area contributed by atoms with E-state index in [1.165, 1.54) is 12.8 Å². The number of halogens is 1. The number of hydrogen-bond donors (Lipinski definition) is 2. The standard InChI is InChI=1S/C17H24BrNO2/c1-2-4-13-5-3-11-17(12-10-13,16(20)21)19-15-8-6-14(18)7-9-15/h6-9,13,19H,2-5,10-12H2,1H3,(H,20,21). The van der Waals surface area contributed by atoms with E-state index < -0.39 is 11.5 Å². The van der Waals surface area contributed by atoms with Crippen molar-refractivity contribution in [1.82, 2.24) is 0 Å². The summed E-state index contributed by atoms with van der Waals surface area (Å²) in [4.78, 5) is 11.9. The molecule has 1 aromatic carbocycles. The molecule has 1 aromatic rings. The first kappa shape index (κ1) is 16.3. The molecule has 0 radical (unpaired) electrons. The van der Waals surface area contributed by atoms with E-state index >= 15 is 0 Å². The molecule has 0 bridgehead atoms. The third-order valence-corrected chi connectivity index (χ3v) is 5.06. The summed E-state index contributed by atoms with van der Waals surface area (Å²) in [6, 6.07) is 7.75. The minimum Gasteiger partial charge on any atom is -0.480 e. The first-order chi connectivity index (χ1) is 10.1. The lowest BCUT2D eigenvalue weighted by Crippen LogP contribution is -2.46. The van der Waals surface area contributed by atoms with E-state index in [9.17, 15) is 9.90 Å². The molecule has 21 heavy (non-hydrogen) atoms. The number of aliphatic carboxylic acids is 1. The van der Waals surface area contributed by atoms with Gasteiger partial charge in [0.15, 0.2) is 0 Å². The summed E-state index contributed by atoms with van der Waals surface area (Å²) in [5.41, 5.74) is 0.0746. The maximum Gasteiger partial charge on any atom is 0.329 e. The zero-order valence-corrected chi connectivity index (χ0v) is 14.2. The van der Waals surface area contributed by atoms with Gasteiger partial charge in [-0.25, -0.2) is 4.79 Å². The van der Waals surface area contributed by atoms with Crippen LogP contribution in [-0.2, 0) is 4.79 Å². The Morgan fingerprint density at radius 2 is 2.05 bits per heavy atom. The van der Waals surface area contributed by atoms with E-state index in [0.717, 1.165) is 29.4 Å². The lowest BCUT2D eigenvalue weighted by atomic mass is 9.88. The Morgan fingerprint density at radius 1 is 1.33 bits per heavy atom. The Labute approximate surface area is 135 Å².